The molecular formula is C30H27F4N5O3. The molecule has 1 aliphatic heterocycles. The van der Waals surface area contributed by atoms with Crippen molar-refractivity contribution in [2.45, 2.75) is 38.0 Å². The summed E-state index contributed by atoms with van der Waals surface area (Å²) in [5, 5.41) is 3.35. The summed E-state index contributed by atoms with van der Waals surface area (Å²) in [4.78, 5) is 31.5. The van der Waals surface area contributed by atoms with Crippen LogP contribution in [0.3, 0.4) is 0 Å². The largest absolute Gasteiger partial charge is 0.457 e. The van der Waals surface area contributed by atoms with E-state index in [4.69, 9.17) is 10.5 Å². The molecule has 0 spiro atoms. The molecule has 0 saturated carbocycles. The second-order valence-corrected chi connectivity index (χ2v) is 10.1. The van der Waals surface area contributed by atoms with Crippen LogP contribution in [0.25, 0.3) is 0 Å². The number of aromatic nitrogens is 3. The minimum atomic E-state index is -4.81. The number of alkyl halides is 3. The monoisotopic (exact) mass is 581 g/mol. The fourth-order valence-corrected chi connectivity index (χ4v) is 5.04. The molecule has 42 heavy (non-hydrogen) atoms. The molecule has 0 aliphatic carbocycles. The Morgan fingerprint density at radius 2 is 1.57 bits per heavy atom. The van der Waals surface area contributed by atoms with Crippen molar-refractivity contribution in [3.8, 4) is 11.5 Å². The summed E-state index contributed by atoms with van der Waals surface area (Å²) in [5.41, 5.74) is 7.35. The van der Waals surface area contributed by atoms with Crippen LogP contribution in [0, 0.1) is 11.7 Å². The zero-order chi connectivity index (χ0) is 29.9. The molecule has 0 unspecified atom stereocenters. The second-order valence-electron chi connectivity index (χ2n) is 10.1. The van der Waals surface area contributed by atoms with Crippen LogP contribution in [-0.2, 0) is 35.2 Å². The van der Waals surface area contributed by atoms with E-state index in [1.165, 1.54) is 29.2 Å². The fourth-order valence-electron chi connectivity index (χ4n) is 5.04. The molecule has 218 valence electrons. The molecule has 2 N–H and O–H groups in total. The van der Waals surface area contributed by atoms with Gasteiger partial charge in [0, 0.05) is 13.0 Å². The van der Waals surface area contributed by atoms with Gasteiger partial charge in [-0.2, -0.15) is 18.2 Å². The van der Waals surface area contributed by atoms with Crippen LogP contribution >= 0.6 is 0 Å². The van der Waals surface area contributed by atoms with Gasteiger partial charge in [0.05, 0.1) is 6.04 Å². The number of hydrogen-bond acceptors (Lipinski definition) is 6. The molecule has 2 atom stereocenters. The lowest BCUT2D eigenvalue weighted by molar-refractivity contribution is -0.145. The van der Waals surface area contributed by atoms with Gasteiger partial charge in [0.15, 0.2) is 5.78 Å². The number of nitrogens with two attached hydrogens (primary N) is 1. The van der Waals surface area contributed by atoms with E-state index in [-0.39, 0.29) is 30.5 Å². The van der Waals surface area contributed by atoms with Crippen LogP contribution < -0.4 is 10.5 Å². The molecule has 0 radical (unpaired) electrons. The van der Waals surface area contributed by atoms with Crippen LogP contribution in [0.1, 0.15) is 23.4 Å². The third-order valence-corrected chi connectivity index (χ3v) is 7.04. The lowest BCUT2D eigenvalue weighted by Crippen LogP contribution is -2.43. The van der Waals surface area contributed by atoms with Gasteiger partial charge < -0.3 is 15.4 Å². The van der Waals surface area contributed by atoms with Crippen molar-refractivity contribution in [2.75, 3.05) is 12.3 Å². The SMILES string of the molecule is Nc1nc(C(F)(F)F)nn1CC(=O)N1C[C@H](Cc2ccccc2)C[C@H]1C(=O)Cc1ccc(Oc2ccc(F)cc2)cc1. The Kier molecular flexibility index (Phi) is 8.23. The Bertz CT molecular complexity index is 1540. The van der Waals surface area contributed by atoms with Crippen molar-refractivity contribution in [3.05, 3.63) is 102 Å². The summed E-state index contributed by atoms with van der Waals surface area (Å²) in [6.07, 6.45) is -3.73. The summed E-state index contributed by atoms with van der Waals surface area (Å²) in [6, 6.07) is 21.3. The maximum atomic E-state index is 13.5. The van der Waals surface area contributed by atoms with Gasteiger partial charge in [0.2, 0.25) is 11.9 Å². The number of hydrogen-bond donors (Lipinski definition) is 1. The average molecular weight is 582 g/mol. The van der Waals surface area contributed by atoms with Crippen LogP contribution in [0.4, 0.5) is 23.5 Å². The maximum absolute atomic E-state index is 13.5. The van der Waals surface area contributed by atoms with E-state index in [2.05, 4.69) is 10.1 Å². The molecule has 2 heterocycles. The van der Waals surface area contributed by atoms with Gasteiger partial charge in [-0.25, -0.2) is 9.07 Å². The zero-order valence-corrected chi connectivity index (χ0v) is 22.3. The first-order valence-electron chi connectivity index (χ1n) is 13.2. The second kappa shape index (κ2) is 12.0. The molecule has 0 bridgehead atoms. The fraction of sp³-hybridized carbons (Fsp3) is 0.267. The molecule has 1 aromatic heterocycles. The van der Waals surface area contributed by atoms with E-state index in [9.17, 15) is 27.2 Å². The zero-order valence-electron chi connectivity index (χ0n) is 22.3. The molecule has 3 aromatic carbocycles. The molecule has 1 amide bonds. The summed E-state index contributed by atoms with van der Waals surface area (Å²) >= 11 is 0. The van der Waals surface area contributed by atoms with Crippen molar-refractivity contribution in [2.24, 2.45) is 5.92 Å². The number of carbonyl (C=O) groups is 2. The van der Waals surface area contributed by atoms with E-state index in [1.54, 1.807) is 24.3 Å². The van der Waals surface area contributed by atoms with E-state index in [1.807, 2.05) is 30.3 Å². The average Bonchev–Trinajstić information content (AvgIpc) is 3.55. The first-order chi connectivity index (χ1) is 20.0. The molecule has 8 nitrogen and oxygen atoms in total. The first-order valence-corrected chi connectivity index (χ1v) is 13.2. The predicted octanol–water partition coefficient (Wildman–Crippen LogP) is 5.08. The number of ketones is 1. The normalized spacial score (nSPS) is 16.9. The maximum Gasteiger partial charge on any atom is 0.453 e. The Balaban J connectivity index is 1.30. The molecule has 12 heteroatoms. The molecule has 5 rings (SSSR count). The highest BCUT2D eigenvalue weighted by Gasteiger charge is 2.40. The van der Waals surface area contributed by atoms with Gasteiger partial charge in [-0.05, 0) is 66.3 Å². The third kappa shape index (κ3) is 6.93. The molecule has 1 saturated heterocycles. The lowest BCUT2D eigenvalue weighted by atomic mass is 9.94. The number of likely N-dealkylation sites (tertiary alicyclic amines) is 1. The van der Waals surface area contributed by atoms with Crippen molar-refractivity contribution in [3.63, 3.8) is 0 Å². The number of amides is 1. The number of carbonyl (C=O) groups excluding carboxylic acids is 2. The van der Waals surface area contributed by atoms with Crippen molar-refractivity contribution in [1.29, 1.82) is 0 Å². The number of rotatable bonds is 9. The van der Waals surface area contributed by atoms with Crippen molar-refractivity contribution in [1.82, 2.24) is 19.7 Å². The number of Topliss-reactive ketones (excluding diaryl/α,β-unsaturated/α-hetero) is 1. The van der Waals surface area contributed by atoms with Gasteiger partial charge in [0.1, 0.15) is 23.9 Å². The standard InChI is InChI=1S/C30H27F4N5O3/c31-22-8-12-24(13-9-22)42-23-10-6-20(7-11-23)16-26(40)25-15-21(14-19-4-2-1-3-5-19)17-38(25)27(41)18-39-29(35)36-28(37-39)30(32,33)34/h1-13,21,25H,14-18H2,(H2,35,36,37)/t21-,25+/m1/s1. The Morgan fingerprint density at radius 1 is 0.929 bits per heavy atom. The molecule has 1 fully saturated rings. The quantitative estimate of drug-likeness (QED) is 0.277. The predicted molar refractivity (Wildman–Crippen MR) is 145 cm³/mol. The van der Waals surface area contributed by atoms with E-state index >= 15 is 0 Å². The van der Waals surface area contributed by atoms with E-state index < -0.39 is 36.4 Å². The smallest absolute Gasteiger partial charge is 0.453 e. The summed E-state index contributed by atoms with van der Waals surface area (Å²) in [5.74, 6) is -2.20. The molecule has 1 aliphatic rings. The van der Waals surface area contributed by atoms with Crippen LogP contribution in [-0.4, -0.2) is 43.9 Å². The Labute approximate surface area is 238 Å². The summed E-state index contributed by atoms with van der Waals surface area (Å²) < 4.78 is 58.7. The van der Waals surface area contributed by atoms with E-state index in [0.717, 1.165) is 5.56 Å². The van der Waals surface area contributed by atoms with Gasteiger partial charge in [-0.1, -0.05) is 42.5 Å². The van der Waals surface area contributed by atoms with Crippen LogP contribution in [0.5, 0.6) is 11.5 Å². The number of nitrogens with zero attached hydrogens (tertiary/aromatic N) is 4. The lowest BCUT2D eigenvalue weighted by Gasteiger charge is -2.24. The van der Waals surface area contributed by atoms with Gasteiger partial charge in [-0.3, -0.25) is 9.59 Å². The number of halogens is 4. The molecule has 4 aromatic rings. The highest BCUT2D eigenvalue weighted by molar-refractivity contribution is 5.91. The number of nitrogen functional groups attached to an aromatic ring is 1. The van der Waals surface area contributed by atoms with Crippen LogP contribution in [0.15, 0.2) is 78.9 Å². The van der Waals surface area contributed by atoms with Crippen molar-refractivity contribution < 1.29 is 31.9 Å². The van der Waals surface area contributed by atoms with Gasteiger partial charge in [-0.15, -0.1) is 5.10 Å². The van der Waals surface area contributed by atoms with Gasteiger partial charge >= 0.3 is 6.18 Å². The topological polar surface area (TPSA) is 103 Å². The third-order valence-electron chi connectivity index (χ3n) is 7.04. The van der Waals surface area contributed by atoms with Crippen molar-refractivity contribution >= 4 is 17.6 Å². The van der Waals surface area contributed by atoms with Gasteiger partial charge in [0.25, 0.3) is 5.82 Å². The number of benzene rings is 3. The highest BCUT2D eigenvalue weighted by Crippen LogP contribution is 2.30. The highest BCUT2D eigenvalue weighted by atomic mass is 19.4. The minimum absolute atomic E-state index is 0.0318. The molecular weight excluding hydrogens is 554 g/mol. The van der Waals surface area contributed by atoms with E-state index in [0.29, 0.717) is 34.6 Å². The summed E-state index contributed by atoms with van der Waals surface area (Å²) in [6.45, 7) is -0.318. The Hall–Kier alpha value is -4.74. The minimum Gasteiger partial charge on any atom is -0.457 e. The number of ether oxygens (including phenoxy) is 1. The first kappa shape index (κ1) is 28.8. The van der Waals surface area contributed by atoms with Crippen LogP contribution in [0.2, 0.25) is 0 Å². The number of anilines is 1. The Morgan fingerprint density at radius 3 is 2.19 bits per heavy atom. The summed E-state index contributed by atoms with van der Waals surface area (Å²) in [7, 11) is 0.